The van der Waals surface area contributed by atoms with Crippen LogP contribution >= 0.6 is 0 Å². The summed E-state index contributed by atoms with van der Waals surface area (Å²) in [4.78, 5) is 0. The van der Waals surface area contributed by atoms with Crippen LogP contribution in [0.2, 0.25) is 0 Å². The van der Waals surface area contributed by atoms with Crippen molar-refractivity contribution in [3.8, 4) is 0 Å². The highest BCUT2D eigenvalue weighted by Crippen LogP contribution is 2.36. The lowest BCUT2D eigenvalue weighted by atomic mass is 9.72. The lowest BCUT2D eigenvalue weighted by Gasteiger charge is -2.34. The molecule has 0 heteroatoms. The Morgan fingerprint density at radius 3 is 1.67 bits per heavy atom. The van der Waals surface area contributed by atoms with E-state index in [2.05, 4.69) is 55.4 Å². The summed E-state index contributed by atoms with van der Waals surface area (Å²) in [7, 11) is 0. The minimum absolute atomic E-state index is 0.518. The number of hydrogen-bond donors (Lipinski definition) is 0. The van der Waals surface area contributed by atoms with Crippen LogP contribution in [0.15, 0.2) is 0 Å². The Labute approximate surface area is 97.8 Å². The van der Waals surface area contributed by atoms with Crippen LogP contribution in [-0.4, -0.2) is 0 Å². The summed E-state index contributed by atoms with van der Waals surface area (Å²) in [6, 6.07) is 0. The van der Waals surface area contributed by atoms with Crippen LogP contribution in [0.3, 0.4) is 0 Å². The zero-order valence-corrected chi connectivity index (χ0v) is 12.2. The highest BCUT2D eigenvalue weighted by atomic mass is 14.3. The van der Waals surface area contributed by atoms with Gasteiger partial charge in [0.25, 0.3) is 0 Å². The molecule has 0 nitrogen and oxygen atoms in total. The van der Waals surface area contributed by atoms with Gasteiger partial charge >= 0.3 is 0 Å². The van der Waals surface area contributed by atoms with Crippen molar-refractivity contribution >= 4 is 0 Å². The average Bonchev–Trinajstić information content (AvgIpc) is 2.14. The Hall–Kier alpha value is 0. The van der Waals surface area contributed by atoms with E-state index in [1.165, 1.54) is 12.8 Å². The molecular formula is C15H32. The maximum absolute atomic E-state index is 2.43. The molecule has 92 valence electrons. The van der Waals surface area contributed by atoms with Gasteiger partial charge in [-0.1, -0.05) is 61.8 Å². The molecule has 0 heterocycles. The largest absolute Gasteiger partial charge is 0.0649 e. The van der Waals surface area contributed by atoms with Crippen molar-refractivity contribution in [2.75, 3.05) is 0 Å². The van der Waals surface area contributed by atoms with Crippen LogP contribution in [0.5, 0.6) is 0 Å². The van der Waals surface area contributed by atoms with Crippen LogP contribution in [0.25, 0.3) is 0 Å². The topological polar surface area (TPSA) is 0 Å². The van der Waals surface area contributed by atoms with Crippen molar-refractivity contribution in [3.63, 3.8) is 0 Å². The standard InChI is InChI=1S/C15H32/c1-9-15(7,8)10-12(4)14(6)13(5)11(2)3/h11-14H,9-10H2,1-8H3. The summed E-state index contributed by atoms with van der Waals surface area (Å²) in [5.41, 5.74) is 0.518. The van der Waals surface area contributed by atoms with Gasteiger partial charge in [0.1, 0.15) is 0 Å². The summed E-state index contributed by atoms with van der Waals surface area (Å²) in [5, 5.41) is 0. The first-order valence-corrected chi connectivity index (χ1v) is 6.71. The number of rotatable bonds is 6. The van der Waals surface area contributed by atoms with Crippen molar-refractivity contribution in [1.82, 2.24) is 0 Å². The highest BCUT2D eigenvalue weighted by molar-refractivity contribution is 4.76. The maximum Gasteiger partial charge on any atom is -0.0354 e. The fourth-order valence-electron chi connectivity index (χ4n) is 2.33. The second-order valence-electron chi connectivity index (χ2n) is 6.66. The summed E-state index contributed by atoms with van der Waals surface area (Å²) >= 11 is 0. The van der Waals surface area contributed by atoms with Gasteiger partial charge in [0, 0.05) is 0 Å². The molecule has 0 N–H and O–H groups in total. The maximum atomic E-state index is 2.43. The molecule has 0 radical (unpaired) electrons. The van der Waals surface area contributed by atoms with Crippen molar-refractivity contribution in [2.24, 2.45) is 29.1 Å². The molecule has 0 rings (SSSR count). The van der Waals surface area contributed by atoms with Crippen molar-refractivity contribution in [3.05, 3.63) is 0 Å². The molecule has 0 amide bonds. The third-order valence-electron chi connectivity index (χ3n) is 4.61. The zero-order chi connectivity index (χ0) is 12.2. The highest BCUT2D eigenvalue weighted by Gasteiger charge is 2.26. The van der Waals surface area contributed by atoms with E-state index in [0.29, 0.717) is 5.41 Å². The molecule has 0 saturated carbocycles. The third-order valence-corrected chi connectivity index (χ3v) is 4.61. The Kier molecular flexibility index (Phi) is 5.92. The normalized spacial score (nSPS) is 19.0. The fourth-order valence-corrected chi connectivity index (χ4v) is 2.33. The monoisotopic (exact) mass is 212 g/mol. The minimum atomic E-state index is 0.518. The fraction of sp³-hybridized carbons (Fsp3) is 1.00. The first-order valence-electron chi connectivity index (χ1n) is 6.71. The van der Waals surface area contributed by atoms with Gasteiger partial charge in [0.05, 0.1) is 0 Å². The first kappa shape index (κ1) is 15.0. The van der Waals surface area contributed by atoms with Gasteiger partial charge in [0.2, 0.25) is 0 Å². The Balaban J connectivity index is 4.27. The minimum Gasteiger partial charge on any atom is -0.0649 e. The second-order valence-corrected chi connectivity index (χ2v) is 6.66. The summed E-state index contributed by atoms with van der Waals surface area (Å²) in [5.74, 6) is 3.34. The molecule has 0 aromatic carbocycles. The van der Waals surface area contributed by atoms with Gasteiger partial charge in [-0.05, 0) is 35.5 Å². The second kappa shape index (κ2) is 5.92. The summed E-state index contributed by atoms with van der Waals surface area (Å²) in [6.45, 7) is 19.1. The molecule has 0 bridgehead atoms. The van der Waals surface area contributed by atoms with Gasteiger partial charge in [-0.15, -0.1) is 0 Å². The predicted molar refractivity (Wildman–Crippen MR) is 71.0 cm³/mol. The molecule has 3 atom stereocenters. The van der Waals surface area contributed by atoms with E-state index in [1.54, 1.807) is 0 Å². The molecule has 0 aliphatic rings. The summed E-state index contributed by atoms with van der Waals surface area (Å²) < 4.78 is 0. The van der Waals surface area contributed by atoms with E-state index in [1.807, 2.05) is 0 Å². The molecule has 3 unspecified atom stereocenters. The van der Waals surface area contributed by atoms with Crippen LogP contribution in [-0.2, 0) is 0 Å². The van der Waals surface area contributed by atoms with E-state index in [9.17, 15) is 0 Å². The van der Waals surface area contributed by atoms with Crippen molar-refractivity contribution in [2.45, 2.75) is 68.2 Å². The van der Waals surface area contributed by atoms with Crippen LogP contribution in [0.4, 0.5) is 0 Å². The molecule has 0 aliphatic carbocycles. The lowest BCUT2D eigenvalue weighted by Crippen LogP contribution is -2.25. The zero-order valence-electron chi connectivity index (χ0n) is 12.2. The van der Waals surface area contributed by atoms with Crippen LogP contribution in [0.1, 0.15) is 68.2 Å². The van der Waals surface area contributed by atoms with E-state index >= 15 is 0 Å². The van der Waals surface area contributed by atoms with Crippen LogP contribution < -0.4 is 0 Å². The van der Waals surface area contributed by atoms with E-state index in [0.717, 1.165) is 23.7 Å². The van der Waals surface area contributed by atoms with Crippen LogP contribution in [0, 0.1) is 29.1 Å². The molecule has 0 aromatic heterocycles. The predicted octanol–water partition coefficient (Wildman–Crippen LogP) is 5.38. The van der Waals surface area contributed by atoms with Crippen molar-refractivity contribution in [1.29, 1.82) is 0 Å². The molecule has 0 aromatic rings. The van der Waals surface area contributed by atoms with E-state index in [4.69, 9.17) is 0 Å². The van der Waals surface area contributed by atoms with Gasteiger partial charge in [-0.2, -0.15) is 0 Å². The lowest BCUT2D eigenvalue weighted by molar-refractivity contribution is 0.162. The molecular weight excluding hydrogens is 180 g/mol. The first-order chi connectivity index (χ1) is 6.71. The molecule has 0 spiro atoms. The Morgan fingerprint density at radius 2 is 1.33 bits per heavy atom. The van der Waals surface area contributed by atoms with Gasteiger partial charge in [-0.3, -0.25) is 0 Å². The van der Waals surface area contributed by atoms with Gasteiger partial charge in [-0.25, -0.2) is 0 Å². The van der Waals surface area contributed by atoms with Crippen molar-refractivity contribution < 1.29 is 0 Å². The third kappa shape index (κ3) is 5.04. The molecule has 0 aliphatic heterocycles. The quantitative estimate of drug-likeness (QED) is 0.554. The molecule has 15 heavy (non-hydrogen) atoms. The van der Waals surface area contributed by atoms with Gasteiger partial charge < -0.3 is 0 Å². The molecule has 0 fully saturated rings. The molecule has 0 saturated heterocycles. The Bertz CT molecular complexity index is 167. The average molecular weight is 212 g/mol. The number of hydrogen-bond acceptors (Lipinski definition) is 0. The van der Waals surface area contributed by atoms with E-state index < -0.39 is 0 Å². The van der Waals surface area contributed by atoms with Gasteiger partial charge in [0.15, 0.2) is 0 Å². The smallest absolute Gasteiger partial charge is 0.0354 e. The summed E-state index contributed by atoms with van der Waals surface area (Å²) in [6.07, 6.45) is 2.65. The Morgan fingerprint density at radius 1 is 0.867 bits per heavy atom. The van der Waals surface area contributed by atoms with E-state index in [-0.39, 0.29) is 0 Å². The SMILES string of the molecule is CCC(C)(C)CC(C)C(C)C(C)C(C)C.